The fourth-order valence-corrected chi connectivity index (χ4v) is 3.77. The number of likely N-dealkylation sites (N-methyl/N-ethyl adjacent to an activating group) is 1. The molecule has 1 aliphatic carbocycles. The van der Waals surface area contributed by atoms with Crippen LogP contribution in [0.1, 0.15) is 44.0 Å². The van der Waals surface area contributed by atoms with Crippen molar-refractivity contribution in [3.8, 4) is 0 Å². The highest BCUT2D eigenvalue weighted by molar-refractivity contribution is 7.09. The predicted octanol–water partition coefficient (Wildman–Crippen LogP) is 3.01. The zero-order valence-electron chi connectivity index (χ0n) is 11.4. The van der Waals surface area contributed by atoms with Gasteiger partial charge in [0.15, 0.2) is 0 Å². The van der Waals surface area contributed by atoms with Gasteiger partial charge in [-0.1, -0.05) is 19.3 Å². The van der Waals surface area contributed by atoms with Crippen LogP contribution < -0.4 is 5.32 Å². The maximum absolute atomic E-state index is 6.19. The van der Waals surface area contributed by atoms with E-state index >= 15 is 0 Å². The minimum absolute atomic E-state index is 0.0212. The van der Waals surface area contributed by atoms with Gasteiger partial charge >= 0.3 is 0 Å². The maximum atomic E-state index is 6.19. The van der Waals surface area contributed by atoms with E-state index in [-0.39, 0.29) is 5.60 Å². The SMILES string of the molecule is CCOC1(C(Cc2nccs2)NC)CCCCC1. The van der Waals surface area contributed by atoms with Gasteiger partial charge in [0.05, 0.1) is 10.6 Å². The monoisotopic (exact) mass is 268 g/mol. The molecule has 1 saturated carbocycles. The molecule has 1 aromatic heterocycles. The second kappa shape index (κ2) is 6.64. The van der Waals surface area contributed by atoms with Gasteiger partial charge in [0.1, 0.15) is 0 Å². The molecule has 2 rings (SSSR count). The minimum atomic E-state index is 0.0212. The quantitative estimate of drug-likeness (QED) is 0.861. The van der Waals surface area contributed by atoms with Gasteiger partial charge in [0.25, 0.3) is 0 Å². The summed E-state index contributed by atoms with van der Waals surface area (Å²) in [5.41, 5.74) is 0.0212. The van der Waals surface area contributed by atoms with Crippen LogP contribution in [0.25, 0.3) is 0 Å². The third-order valence-corrected chi connectivity index (χ3v) is 4.78. The lowest BCUT2D eigenvalue weighted by molar-refractivity contribution is -0.0883. The molecule has 3 nitrogen and oxygen atoms in total. The molecule has 4 heteroatoms. The Morgan fingerprint density at radius 2 is 2.22 bits per heavy atom. The van der Waals surface area contributed by atoms with Crippen molar-refractivity contribution >= 4 is 11.3 Å². The van der Waals surface area contributed by atoms with Gasteiger partial charge in [-0.3, -0.25) is 0 Å². The summed E-state index contributed by atoms with van der Waals surface area (Å²) >= 11 is 1.74. The molecule has 1 heterocycles. The van der Waals surface area contributed by atoms with E-state index in [2.05, 4.69) is 22.6 Å². The van der Waals surface area contributed by atoms with Crippen LogP contribution in [0.5, 0.6) is 0 Å². The lowest BCUT2D eigenvalue weighted by Gasteiger charge is -2.43. The van der Waals surface area contributed by atoms with Crippen molar-refractivity contribution in [2.45, 2.75) is 57.1 Å². The van der Waals surface area contributed by atoms with Crippen LogP contribution in [0.15, 0.2) is 11.6 Å². The van der Waals surface area contributed by atoms with E-state index in [0.29, 0.717) is 6.04 Å². The van der Waals surface area contributed by atoms with Crippen molar-refractivity contribution in [1.29, 1.82) is 0 Å². The Hall–Kier alpha value is -0.450. The number of nitrogens with one attached hydrogen (secondary N) is 1. The van der Waals surface area contributed by atoms with Gasteiger partial charge in [-0.05, 0) is 26.8 Å². The fourth-order valence-electron chi connectivity index (χ4n) is 3.11. The molecular formula is C14H24N2OS. The van der Waals surface area contributed by atoms with Crippen LogP contribution in [0, 0.1) is 0 Å². The van der Waals surface area contributed by atoms with E-state index in [0.717, 1.165) is 13.0 Å². The summed E-state index contributed by atoms with van der Waals surface area (Å²) in [6, 6.07) is 0.379. The summed E-state index contributed by atoms with van der Waals surface area (Å²) in [7, 11) is 2.05. The highest BCUT2D eigenvalue weighted by Gasteiger charge is 2.40. The second-order valence-electron chi connectivity index (χ2n) is 5.03. The Bertz CT molecular complexity index is 328. The van der Waals surface area contributed by atoms with Crippen LogP contribution >= 0.6 is 11.3 Å². The molecule has 1 unspecified atom stereocenters. The average Bonchev–Trinajstić information content (AvgIpc) is 2.90. The zero-order valence-corrected chi connectivity index (χ0v) is 12.3. The van der Waals surface area contributed by atoms with Crippen LogP contribution in [-0.4, -0.2) is 30.3 Å². The molecule has 102 valence electrons. The lowest BCUT2D eigenvalue weighted by Crippen LogP contribution is -2.53. The van der Waals surface area contributed by atoms with Crippen molar-refractivity contribution in [1.82, 2.24) is 10.3 Å². The van der Waals surface area contributed by atoms with Crippen molar-refractivity contribution in [2.75, 3.05) is 13.7 Å². The summed E-state index contributed by atoms with van der Waals surface area (Å²) in [6.07, 6.45) is 9.15. The average molecular weight is 268 g/mol. The molecule has 1 aliphatic rings. The first-order valence-electron chi connectivity index (χ1n) is 7.00. The molecule has 0 radical (unpaired) electrons. The third-order valence-electron chi connectivity index (χ3n) is 3.98. The fraction of sp³-hybridized carbons (Fsp3) is 0.786. The van der Waals surface area contributed by atoms with Crippen molar-refractivity contribution in [2.24, 2.45) is 0 Å². The third kappa shape index (κ3) is 3.11. The van der Waals surface area contributed by atoms with Gasteiger partial charge in [0.2, 0.25) is 0 Å². The molecule has 1 fully saturated rings. The van der Waals surface area contributed by atoms with Gasteiger partial charge in [-0.15, -0.1) is 11.3 Å². The van der Waals surface area contributed by atoms with E-state index < -0.39 is 0 Å². The standard InChI is InChI=1S/C14H24N2OS/c1-3-17-14(7-5-4-6-8-14)12(15-2)11-13-16-9-10-18-13/h9-10,12,15H,3-8,11H2,1-2H3. The zero-order chi connectivity index (χ0) is 12.8. The summed E-state index contributed by atoms with van der Waals surface area (Å²) < 4.78 is 6.19. The molecule has 1 aromatic rings. The van der Waals surface area contributed by atoms with Gasteiger partial charge in [-0.25, -0.2) is 4.98 Å². The van der Waals surface area contributed by atoms with Gasteiger partial charge < -0.3 is 10.1 Å². The van der Waals surface area contributed by atoms with Crippen LogP contribution in [0.4, 0.5) is 0 Å². The highest BCUT2D eigenvalue weighted by atomic mass is 32.1. The molecular weight excluding hydrogens is 244 g/mol. The number of rotatable bonds is 6. The van der Waals surface area contributed by atoms with Crippen molar-refractivity contribution in [3.05, 3.63) is 16.6 Å². The van der Waals surface area contributed by atoms with E-state index in [9.17, 15) is 0 Å². The van der Waals surface area contributed by atoms with Crippen LogP contribution in [-0.2, 0) is 11.2 Å². The molecule has 1 atom stereocenters. The van der Waals surface area contributed by atoms with Crippen molar-refractivity contribution in [3.63, 3.8) is 0 Å². The molecule has 0 aliphatic heterocycles. The normalized spacial score (nSPS) is 20.8. The summed E-state index contributed by atoms with van der Waals surface area (Å²) in [4.78, 5) is 4.41. The van der Waals surface area contributed by atoms with Gasteiger partial charge in [-0.2, -0.15) is 0 Å². The molecule has 1 N–H and O–H groups in total. The van der Waals surface area contributed by atoms with Crippen LogP contribution in [0.2, 0.25) is 0 Å². The first-order valence-corrected chi connectivity index (χ1v) is 7.88. The maximum Gasteiger partial charge on any atom is 0.0941 e. The van der Waals surface area contributed by atoms with Gasteiger partial charge in [0, 0.05) is 30.6 Å². The first-order chi connectivity index (χ1) is 8.80. The molecule has 0 spiro atoms. The molecule has 18 heavy (non-hydrogen) atoms. The number of aromatic nitrogens is 1. The highest BCUT2D eigenvalue weighted by Crippen LogP contribution is 2.35. The Morgan fingerprint density at radius 3 is 2.78 bits per heavy atom. The number of hydrogen-bond donors (Lipinski definition) is 1. The minimum Gasteiger partial charge on any atom is -0.374 e. The Labute approximate surface area is 114 Å². The molecule has 0 amide bonds. The van der Waals surface area contributed by atoms with E-state index in [1.807, 2.05) is 13.2 Å². The predicted molar refractivity (Wildman–Crippen MR) is 76.1 cm³/mol. The van der Waals surface area contributed by atoms with E-state index in [1.165, 1.54) is 37.1 Å². The number of nitrogens with zero attached hydrogens (tertiary/aromatic N) is 1. The van der Waals surface area contributed by atoms with Crippen LogP contribution in [0.3, 0.4) is 0 Å². The van der Waals surface area contributed by atoms with E-state index in [4.69, 9.17) is 4.74 Å². The summed E-state index contributed by atoms with van der Waals surface area (Å²) in [5, 5.41) is 6.74. The number of thiazole rings is 1. The second-order valence-corrected chi connectivity index (χ2v) is 6.01. The van der Waals surface area contributed by atoms with Crippen molar-refractivity contribution < 1.29 is 4.74 Å². The molecule has 0 saturated heterocycles. The number of ether oxygens (including phenoxy) is 1. The Kier molecular flexibility index (Phi) is 5.15. The topological polar surface area (TPSA) is 34.1 Å². The summed E-state index contributed by atoms with van der Waals surface area (Å²) in [5.74, 6) is 0. The molecule has 0 aromatic carbocycles. The number of hydrogen-bond acceptors (Lipinski definition) is 4. The lowest BCUT2D eigenvalue weighted by atomic mass is 9.78. The van der Waals surface area contributed by atoms with E-state index in [1.54, 1.807) is 11.3 Å². The Morgan fingerprint density at radius 1 is 1.44 bits per heavy atom. The smallest absolute Gasteiger partial charge is 0.0941 e. The Balaban J connectivity index is 2.10. The largest absolute Gasteiger partial charge is 0.374 e. The summed E-state index contributed by atoms with van der Waals surface area (Å²) in [6.45, 7) is 2.91. The first kappa shape index (κ1) is 14.0. The molecule has 0 bridgehead atoms.